The molecule has 0 saturated carbocycles. The Hall–Kier alpha value is -1.79. The van der Waals surface area contributed by atoms with Crippen LogP contribution in [0.2, 0.25) is 0 Å². The first-order valence-corrected chi connectivity index (χ1v) is 7.54. The lowest BCUT2D eigenvalue weighted by Gasteiger charge is -2.26. The average molecular weight is 308 g/mol. The van der Waals surface area contributed by atoms with Crippen molar-refractivity contribution < 1.29 is 19.4 Å². The van der Waals surface area contributed by atoms with E-state index in [1.165, 1.54) is 13.8 Å². The van der Waals surface area contributed by atoms with Crippen molar-refractivity contribution in [3.05, 3.63) is 24.3 Å². The van der Waals surface area contributed by atoms with Crippen LogP contribution in [0.3, 0.4) is 0 Å². The van der Waals surface area contributed by atoms with Gasteiger partial charge in [0.15, 0.2) is 5.60 Å². The third-order valence-corrected chi connectivity index (χ3v) is 3.60. The molecular formula is C16H24N2O4. The van der Waals surface area contributed by atoms with Gasteiger partial charge in [-0.05, 0) is 38.1 Å². The van der Waals surface area contributed by atoms with Gasteiger partial charge in [-0.25, -0.2) is 4.79 Å². The smallest absolute Gasteiger partial charge is 0.347 e. The van der Waals surface area contributed by atoms with E-state index in [9.17, 15) is 4.79 Å². The Bertz CT molecular complexity index is 481. The van der Waals surface area contributed by atoms with Gasteiger partial charge in [-0.2, -0.15) is 0 Å². The second-order valence-electron chi connectivity index (χ2n) is 5.82. The van der Waals surface area contributed by atoms with Crippen LogP contribution in [0, 0.1) is 0 Å². The molecule has 0 aliphatic carbocycles. The topological polar surface area (TPSA) is 71.0 Å². The third-order valence-electron chi connectivity index (χ3n) is 3.60. The molecule has 0 aromatic heterocycles. The fourth-order valence-corrected chi connectivity index (χ4v) is 2.16. The van der Waals surface area contributed by atoms with Crippen LogP contribution in [0.25, 0.3) is 0 Å². The fraction of sp³-hybridized carbons (Fsp3) is 0.562. The molecule has 1 aromatic rings. The maximum absolute atomic E-state index is 11.0. The van der Waals surface area contributed by atoms with Gasteiger partial charge in [-0.15, -0.1) is 0 Å². The Morgan fingerprint density at radius 2 is 1.95 bits per heavy atom. The molecule has 1 aliphatic rings. The summed E-state index contributed by atoms with van der Waals surface area (Å²) in [5.74, 6) is -0.439. The number of carboxylic acid groups (broad SMARTS) is 1. The van der Waals surface area contributed by atoms with E-state index in [4.69, 9.17) is 14.6 Å². The van der Waals surface area contributed by atoms with Gasteiger partial charge < -0.3 is 19.9 Å². The Labute approximate surface area is 131 Å². The van der Waals surface area contributed by atoms with Crippen LogP contribution in [0.15, 0.2) is 24.3 Å². The van der Waals surface area contributed by atoms with Crippen LogP contribution in [0.4, 0.5) is 5.69 Å². The summed E-state index contributed by atoms with van der Waals surface area (Å²) in [5, 5.41) is 12.4. The van der Waals surface area contributed by atoms with E-state index in [0.717, 1.165) is 45.1 Å². The lowest BCUT2D eigenvalue weighted by atomic mass is 10.1. The molecular weight excluding hydrogens is 284 g/mol. The number of rotatable bonds is 7. The molecule has 0 radical (unpaired) electrons. The molecule has 122 valence electrons. The molecule has 6 nitrogen and oxygen atoms in total. The van der Waals surface area contributed by atoms with Crippen molar-refractivity contribution in [1.29, 1.82) is 0 Å². The van der Waals surface area contributed by atoms with E-state index < -0.39 is 11.6 Å². The maximum Gasteiger partial charge on any atom is 0.347 e. The monoisotopic (exact) mass is 308 g/mol. The number of morpholine rings is 1. The molecule has 0 amide bonds. The van der Waals surface area contributed by atoms with E-state index in [1.54, 1.807) is 12.1 Å². The quantitative estimate of drug-likeness (QED) is 0.798. The first-order chi connectivity index (χ1) is 10.5. The zero-order valence-electron chi connectivity index (χ0n) is 13.2. The van der Waals surface area contributed by atoms with Crippen molar-refractivity contribution in [2.45, 2.75) is 19.4 Å². The summed E-state index contributed by atoms with van der Waals surface area (Å²) in [4.78, 5) is 13.4. The number of nitrogens with one attached hydrogen (secondary N) is 1. The predicted molar refractivity (Wildman–Crippen MR) is 84.5 cm³/mol. The number of aliphatic carboxylic acids is 1. The van der Waals surface area contributed by atoms with E-state index in [1.807, 2.05) is 12.1 Å². The number of ether oxygens (including phenoxy) is 2. The minimum absolute atomic E-state index is 0.547. The molecule has 6 heteroatoms. The molecule has 0 atom stereocenters. The number of hydrogen-bond acceptors (Lipinski definition) is 5. The normalized spacial score (nSPS) is 16.3. The van der Waals surface area contributed by atoms with Gasteiger partial charge in [0.2, 0.25) is 0 Å². The molecule has 0 unspecified atom stereocenters. The van der Waals surface area contributed by atoms with Gasteiger partial charge in [-0.1, -0.05) is 0 Å². The minimum atomic E-state index is -1.23. The van der Waals surface area contributed by atoms with Crippen LogP contribution >= 0.6 is 0 Å². The fourth-order valence-electron chi connectivity index (χ4n) is 2.16. The molecule has 0 bridgehead atoms. The highest BCUT2D eigenvalue weighted by molar-refractivity contribution is 5.76. The van der Waals surface area contributed by atoms with Gasteiger partial charge in [0.1, 0.15) is 5.75 Å². The molecule has 1 aromatic carbocycles. The van der Waals surface area contributed by atoms with Crippen molar-refractivity contribution in [3.63, 3.8) is 0 Å². The lowest BCUT2D eigenvalue weighted by Crippen LogP contribution is -2.39. The zero-order chi connectivity index (χ0) is 16.0. The molecule has 2 rings (SSSR count). The molecule has 2 N–H and O–H groups in total. The highest BCUT2D eigenvalue weighted by Gasteiger charge is 2.29. The SMILES string of the molecule is CC(C)(Oc1ccc(NCCN2CCOCC2)cc1)C(=O)O. The second-order valence-corrected chi connectivity index (χ2v) is 5.82. The third kappa shape index (κ3) is 4.89. The van der Waals surface area contributed by atoms with Crippen molar-refractivity contribution in [1.82, 2.24) is 4.90 Å². The Balaban J connectivity index is 1.78. The standard InChI is InChI=1S/C16H24N2O4/c1-16(2,15(19)20)22-14-5-3-13(4-6-14)17-7-8-18-9-11-21-12-10-18/h3-6,17H,7-12H2,1-2H3,(H,19,20). The summed E-state index contributed by atoms with van der Waals surface area (Å²) < 4.78 is 10.8. The van der Waals surface area contributed by atoms with Crippen molar-refractivity contribution in [3.8, 4) is 5.75 Å². The van der Waals surface area contributed by atoms with Crippen LogP contribution in [-0.2, 0) is 9.53 Å². The molecule has 1 aliphatic heterocycles. The number of carboxylic acids is 1. The first-order valence-electron chi connectivity index (χ1n) is 7.54. The largest absolute Gasteiger partial charge is 0.478 e. The highest BCUT2D eigenvalue weighted by atomic mass is 16.5. The molecule has 0 spiro atoms. The van der Waals surface area contributed by atoms with Crippen molar-refractivity contribution in [2.75, 3.05) is 44.7 Å². The Morgan fingerprint density at radius 1 is 1.32 bits per heavy atom. The first kappa shape index (κ1) is 16.6. The summed E-state index contributed by atoms with van der Waals surface area (Å²) in [6, 6.07) is 7.35. The molecule has 1 fully saturated rings. The molecule has 22 heavy (non-hydrogen) atoms. The van der Waals surface area contributed by atoms with E-state index in [0.29, 0.717) is 5.75 Å². The minimum Gasteiger partial charge on any atom is -0.478 e. The summed E-state index contributed by atoms with van der Waals surface area (Å²) >= 11 is 0. The summed E-state index contributed by atoms with van der Waals surface area (Å²) in [7, 11) is 0. The lowest BCUT2D eigenvalue weighted by molar-refractivity contribution is -0.152. The van der Waals surface area contributed by atoms with Crippen LogP contribution in [0.1, 0.15) is 13.8 Å². The second kappa shape index (κ2) is 7.47. The van der Waals surface area contributed by atoms with Gasteiger partial charge in [-0.3, -0.25) is 4.90 Å². The van der Waals surface area contributed by atoms with Crippen molar-refractivity contribution >= 4 is 11.7 Å². The number of nitrogens with zero attached hydrogens (tertiary/aromatic N) is 1. The van der Waals surface area contributed by atoms with E-state index in [-0.39, 0.29) is 0 Å². The Kier molecular flexibility index (Phi) is 5.63. The predicted octanol–water partition coefficient (Wildman–Crippen LogP) is 1.67. The van der Waals surface area contributed by atoms with Crippen molar-refractivity contribution in [2.24, 2.45) is 0 Å². The van der Waals surface area contributed by atoms with Gasteiger partial charge >= 0.3 is 5.97 Å². The molecule has 1 saturated heterocycles. The van der Waals surface area contributed by atoms with Gasteiger partial charge in [0.05, 0.1) is 13.2 Å². The number of anilines is 1. The number of benzene rings is 1. The van der Waals surface area contributed by atoms with Gasteiger partial charge in [0.25, 0.3) is 0 Å². The van der Waals surface area contributed by atoms with E-state index >= 15 is 0 Å². The van der Waals surface area contributed by atoms with Gasteiger partial charge in [0, 0.05) is 31.9 Å². The maximum atomic E-state index is 11.0. The van der Waals surface area contributed by atoms with Crippen LogP contribution in [-0.4, -0.2) is 61.0 Å². The van der Waals surface area contributed by atoms with Crippen LogP contribution < -0.4 is 10.1 Å². The van der Waals surface area contributed by atoms with Crippen LogP contribution in [0.5, 0.6) is 5.75 Å². The average Bonchev–Trinajstić information content (AvgIpc) is 2.50. The zero-order valence-corrected chi connectivity index (χ0v) is 13.2. The highest BCUT2D eigenvalue weighted by Crippen LogP contribution is 2.21. The molecule has 1 heterocycles. The summed E-state index contributed by atoms with van der Waals surface area (Å²) in [6.07, 6.45) is 0. The number of carbonyl (C=O) groups is 1. The number of hydrogen-bond donors (Lipinski definition) is 2. The summed E-state index contributed by atoms with van der Waals surface area (Å²) in [5.41, 5.74) is -0.237. The Morgan fingerprint density at radius 3 is 2.55 bits per heavy atom. The van der Waals surface area contributed by atoms with E-state index in [2.05, 4.69) is 10.2 Å². The summed E-state index contributed by atoms with van der Waals surface area (Å²) in [6.45, 7) is 8.50.